The first kappa shape index (κ1) is 23.4. The maximum absolute atomic E-state index is 13.2. The number of amides is 2. The number of nitrogens with zero attached hydrogens (tertiary/aromatic N) is 6. The minimum absolute atomic E-state index is 0.0126. The second kappa shape index (κ2) is 9.47. The Labute approximate surface area is 219 Å². The highest BCUT2D eigenvalue weighted by Crippen LogP contribution is 2.26. The lowest BCUT2D eigenvalue weighted by atomic mass is 10.0. The second-order valence-corrected chi connectivity index (χ2v) is 10.5. The van der Waals surface area contributed by atoms with Gasteiger partial charge < -0.3 is 14.4 Å². The van der Waals surface area contributed by atoms with Crippen LogP contribution in [0.1, 0.15) is 31.3 Å². The molecule has 2 saturated heterocycles. The lowest BCUT2D eigenvalue weighted by molar-refractivity contribution is 0.00854. The van der Waals surface area contributed by atoms with Gasteiger partial charge >= 0.3 is 0 Å². The lowest BCUT2D eigenvalue weighted by Crippen LogP contribution is -2.64. The molecule has 9 heteroatoms. The van der Waals surface area contributed by atoms with Crippen LogP contribution in [0, 0.1) is 18.3 Å². The molecule has 8 nitrogen and oxygen atoms in total. The minimum Gasteiger partial charge on any atom is -0.335 e. The van der Waals surface area contributed by atoms with E-state index in [1.807, 2.05) is 70.8 Å². The molecule has 0 atom stereocenters. The van der Waals surface area contributed by atoms with E-state index in [1.165, 1.54) is 11.3 Å². The number of piperazine rings is 1. The summed E-state index contributed by atoms with van der Waals surface area (Å²) in [6.45, 7) is 6.37. The predicted octanol–water partition coefficient (Wildman–Crippen LogP) is 3.55. The summed E-state index contributed by atoms with van der Waals surface area (Å²) < 4.78 is 2.08. The van der Waals surface area contributed by atoms with Crippen LogP contribution < -0.4 is 0 Å². The van der Waals surface area contributed by atoms with E-state index in [0.717, 1.165) is 35.2 Å². The van der Waals surface area contributed by atoms with Crippen molar-refractivity contribution in [1.82, 2.24) is 24.3 Å². The van der Waals surface area contributed by atoms with E-state index in [9.17, 15) is 14.9 Å². The van der Waals surface area contributed by atoms with Gasteiger partial charge in [0.05, 0.1) is 17.1 Å². The molecular weight excluding hydrogens is 484 g/mol. The number of thiazole rings is 1. The minimum atomic E-state index is 0.0126. The number of fused-ring (bicyclic) bond motifs is 1. The summed E-state index contributed by atoms with van der Waals surface area (Å²) in [4.78, 5) is 36.0. The Bertz CT molecular complexity index is 1520. The normalized spacial score (nSPS) is 16.5. The summed E-state index contributed by atoms with van der Waals surface area (Å²) in [6.07, 6.45) is 3.66. The average Bonchev–Trinajstić information content (AvgIpc) is 3.58. The highest BCUT2D eigenvalue weighted by molar-refractivity contribution is 7.11. The van der Waals surface area contributed by atoms with Gasteiger partial charge in [0.1, 0.15) is 0 Å². The molecule has 6 rings (SSSR count). The van der Waals surface area contributed by atoms with E-state index in [2.05, 4.69) is 20.5 Å². The highest BCUT2D eigenvalue weighted by atomic mass is 32.1. The fraction of sp³-hybridized carbons (Fsp3) is 0.286. The van der Waals surface area contributed by atoms with Crippen LogP contribution in [0.4, 0.5) is 0 Å². The number of hydrogen-bond acceptors (Lipinski definition) is 6. The topological polar surface area (TPSA) is 85.5 Å². The maximum atomic E-state index is 13.2. The smallest absolute Gasteiger partial charge is 0.282 e. The molecular formula is C28H26N6O2S. The van der Waals surface area contributed by atoms with Gasteiger partial charge in [-0.05, 0) is 55.0 Å². The van der Waals surface area contributed by atoms with Crippen LogP contribution in [-0.2, 0) is 0 Å². The van der Waals surface area contributed by atoms with Gasteiger partial charge in [-0.1, -0.05) is 0 Å². The summed E-state index contributed by atoms with van der Waals surface area (Å²) in [5, 5.41) is 12.6. The SMILES string of the molecule is Cc1cc(-n2ccc3cc(C(=O)N4CC(N5CCN(C(=O)c6nccs6)CC5)C4)ccc32)ccc1C#N. The Balaban J connectivity index is 1.07. The molecule has 0 saturated carbocycles. The Morgan fingerprint density at radius 2 is 1.81 bits per heavy atom. The molecule has 2 aromatic carbocycles. The van der Waals surface area contributed by atoms with Crippen molar-refractivity contribution in [2.24, 2.45) is 0 Å². The molecule has 2 amide bonds. The first-order valence-corrected chi connectivity index (χ1v) is 13.2. The number of rotatable bonds is 4. The van der Waals surface area contributed by atoms with Crippen molar-refractivity contribution in [3.63, 3.8) is 0 Å². The van der Waals surface area contributed by atoms with Gasteiger partial charge in [-0.15, -0.1) is 11.3 Å². The van der Waals surface area contributed by atoms with E-state index in [0.29, 0.717) is 48.4 Å². The van der Waals surface area contributed by atoms with Crippen LogP contribution in [-0.4, -0.2) is 81.4 Å². The number of aryl methyl sites for hydroxylation is 1. The fourth-order valence-corrected chi connectivity index (χ4v) is 5.82. The van der Waals surface area contributed by atoms with E-state index in [4.69, 9.17) is 0 Å². The largest absolute Gasteiger partial charge is 0.335 e. The molecule has 0 aliphatic carbocycles. The zero-order valence-corrected chi connectivity index (χ0v) is 21.3. The quantitative estimate of drug-likeness (QED) is 0.419. The number of nitriles is 1. The molecule has 0 unspecified atom stereocenters. The number of aromatic nitrogens is 2. The summed E-state index contributed by atoms with van der Waals surface area (Å²) in [6, 6.07) is 16.2. The third kappa shape index (κ3) is 4.28. The number of carbonyl (C=O) groups is 2. The van der Waals surface area contributed by atoms with Crippen molar-refractivity contribution in [2.45, 2.75) is 13.0 Å². The summed E-state index contributed by atoms with van der Waals surface area (Å²) in [5.41, 5.74) is 4.32. The zero-order valence-electron chi connectivity index (χ0n) is 20.5. The second-order valence-electron chi connectivity index (χ2n) is 9.60. The van der Waals surface area contributed by atoms with E-state index in [-0.39, 0.29) is 11.8 Å². The van der Waals surface area contributed by atoms with E-state index < -0.39 is 0 Å². The molecule has 2 aromatic heterocycles. The van der Waals surface area contributed by atoms with Gasteiger partial charge in [0.2, 0.25) is 0 Å². The summed E-state index contributed by atoms with van der Waals surface area (Å²) in [5.74, 6) is 0.0660. The highest BCUT2D eigenvalue weighted by Gasteiger charge is 2.37. The summed E-state index contributed by atoms with van der Waals surface area (Å²) >= 11 is 1.38. The van der Waals surface area contributed by atoms with Crippen LogP contribution in [0.3, 0.4) is 0 Å². The molecule has 37 heavy (non-hydrogen) atoms. The molecule has 2 aliphatic rings. The first-order valence-electron chi connectivity index (χ1n) is 12.4. The van der Waals surface area contributed by atoms with Crippen molar-refractivity contribution in [3.8, 4) is 11.8 Å². The number of likely N-dealkylation sites (tertiary alicyclic amines) is 1. The molecule has 0 radical (unpaired) electrons. The number of hydrogen-bond donors (Lipinski definition) is 0. The third-order valence-corrected chi connectivity index (χ3v) is 8.19. The van der Waals surface area contributed by atoms with Crippen LogP contribution >= 0.6 is 11.3 Å². The maximum Gasteiger partial charge on any atom is 0.282 e. The van der Waals surface area contributed by atoms with E-state index in [1.54, 1.807) is 6.20 Å². The monoisotopic (exact) mass is 510 g/mol. The Kier molecular flexibility index (Phi) is 5.99. The Hall–Kier alpha value is -4.00. The van der Waals surface area contributed by atoms with Crippen LogP contribution in [0.2, 0.25) is 0 Å². The standard InChI is InChI=1S/C28H26N6O2S/c1-19-14-23(4-2-22(19)16-29)34-8-6-20-15-21(3-5-25(20)34)27(35)33-17-24(18-33)31-9-11-32(12-10-31)28(36)26-30-7-13-37-26/h2-8,13-15,24H,9-12,17-18H2,1H3. The van der Waals surface area contributed by atoms with Gasteiger partial charge in [-0.3, -0.25) is 14.5 Å². The van der Waals surface area contributed by atoms with Crippen molar-refractivity contribution < 1.29 is 9.59 Å². The Morgan fingerprint density at radius 3 is 2.51 bits per heavy atom. The summed E-state index contributed by atoms with van der Waals surface area (Å²) in [7, 11) is 0. The van der Waals surface area contributed by atoms with Crippen molar-refractivity contribution in [2.75, 3.05) is 39.3 Å². The predicted molar refractivity (Wildman–Crippen MR) is 142 cm³/mol. The average molecular weight is 511 g/mol. The van der Waals surface area contributed by atoms with Crippen molar-refractivity contribution in [1.29, 1.82) is 5.26 Å². The number of benzene rings is 2. The molecule has 0 bridgehead atoms. The molecule has 4 heterocycles. The molecule has 186 valence electrons. The molecule has 2 fully saturated rings. The van der Waals surface area contributed by atoms with Gasteiger partial charge in [0.25, 0.3) is 11.8 Å². The van der Waals surface area contributed by atoms with Gasteiger partial charge in [-0.25, -0.2) is 4.98 Å². The lowest BCUT2D eigenvalue weighted by Gasteiger charge is -2.48. The first-order chi connectivity index (χ1) is 18.0. The van der Waals surface area contributed by atoms with Crippen LogP contribution in [0.25, 0.3) is 16.6 Å². The van der Waals surface area contributed by atoms with E-state index >= 15 is 0 Å². The third-order valence-electron chi connectivity index (χ3n) is 7.43. The van der Waals surface area contributed by atoms with Crippen LogP contribution in [0.15, 0.2) is 60.2 Å². The van der Waals surface area contributed by atoms with Crippen molar-refractivity contribution >= 4 is 34.1 Å². The molecule has 0 N–H and O–H groups in total. The zero-order chi connectivity index (χ0) is 25.5. The van der Waals surface area contributed by atoms with Crippen LogP contribution in [0.5, 0.6) is 0 Å². The molecule has 2 aliphatic heterocycles. The molecule has 0 spiro atoms. The van der Waals surface area contributed by atoms with Gasteiger partial charge in [-0.2, -0.15) is 5.26 Å². The molecule has 4 aromatic rings. The van der Waals surface area contributed by atoms with Gasteiger partial charge in [0, 0.05) is 79.7 Å². The van der Waals surface area contributed by atoms with Gasteiger partial charge in [0.15, 0.2) is 5.01 Å². The number of carbonyl (C=O) groups excluding carboxylic acids is 2. The Morgan fingerprint density at radius 1 is 1.00 bits per heavy atom. The fourth-order valence-electron chi connectivity index (χ4n) is 5.21. The van der Waals surface area contributed by atoms with Crippen molar-refractivity contribution in [3.05, 3.63) is 81.9 Å².